The third-order valence-corrected chi connectivity index (χ3v) is 2.86. The highest BCUT2D eigenvalue weighted by molar-refractivity contribution is 5.37. The first-order valence-corrected chi connectivity index (χ1v) is 5.42. The Morgan fingerprint density at radius 3 is 2.58 bits per heavy atom. The average Bonchev–Trinajstić information content (AvgIpc) is 2.76. The van der Waals surface area contributed by atoms with Gasteiger partial charge in [0.2, 0.25) is 0 Å². The Morgan fingerprint density at radius 2 is 1.95 bits per heavy atom. The van der Waals surface area contributed by atoms with Crippen LogP contribution in [0.4, 0.5) is 13.2 Å². The molecule has 1 atom stereocenters. The zero-order chi connectivity index (χ0) is 14.2. The molecule has 19 heavy (non-hydrogen) atoms. The highest BCUT2D eigenvalue weighted by atomic mass is 19.2. The molecule has 0 amide bonds. The molecule has 0 saturated carbocycles. The molecule has 0 aliphatic carbocycles. The lowest BCUT2D eigenvalue weighted by atomic mass is 10.0. The first-order valence-electron chi connectivity index (χ1n) is 5.42. The van der Waals surface area contributed by atoms with E-state index in [0.717, 1.165) is 12.1 Å². The smallest absolute Gasteiger partial charge is 0.194 e. The zero-order valence-corrected chi connectivity index (χ0v) is 10.3. The van der Waals surface area contributed by atoms with E-state index in [4.69, 9.17) is 10.5 Å². The summed E-state index contributed by atoms with van der Waals surface area (Å²) >= 11 is 0. The minimum absolute atomic E-state index is 0.166. The van der Waals surface area contributed by atoms with Crippen LogP contribution in [0.15, 0.2) is 18.3 Å². The maximum absolute atomic E-state index is 13.7. The standard InChI is InChI=1S/C12H12F3N3O/c1-18-12(8(19-2)5-17-18)11(16)6-3-4-7(13)10(15)9(6)14/h3-5,11H,16H2,1-2H3. The number of nitrogens with two attached hydrogens (primary N) is 1. The Hall–Kier alpha value is -2.02. The van der Waals surface area contributed by atoms with Gasteiger partial charge in [-0.1, -0.05) is 6.07 Å². The van der Waals surface area contributed by atoms with Crippen molar-refractivity contribution in [2.75, 3.05) is 7.11 Å². The highest BCUT2D eigenvalue weighted by Crippen LogP contribution is 2.30. The van der Waals surface area contributed by atoms with Crippen molar-refractivity contribution in [3.8, 4) is 5.75 Å². The molecule has 0 aliphatic heterocycles. The number of aromatic nitrogens is 2. The summed E-state index contributed by atoms with van der Waals surface area (Å²) in [6.07, 6.45) is 1.41. The van der Waals surface area contributed by atoms with E-state index in [1.54, 1.807) is 7.05 Å². The zero-order valence-electron chi connectivity index (χ0n) is 10.3. The van der Waals surface area contributed by atoms with Crippen molar-refractivity contribution in [2.24, 2.45) is 12.8 Å². The van der Waals surface area contributed by atoms with Crippen LogP contribution in [-0.2, 0) is 7.05 Å². The summed E-state index contributed by atoms with van der Waals surface area (Å²) in [4.78, 5) is 0. The van der Waals surface area contributed by atoms with Crippen molar-refractivity contribution in [3.05, 3.63) is 47.0 Å². The minimum atomic E-state index is -1.55. The van der Waals surface area contributed by atoms with Gasteiger partial charge in [0, 0.05) is 12.6 Å². The highest BCUT2D eigenvalue weighted by Gasteiger charge is 2.24. The molecule has 7 heteroatoms. The Labute approximate surface area is 107 Å². The van der Waals surface area contributed by atoms with Crippen LogP contribution < -0.4 is 10.5 Å². The van der Waals surface area contributed by atoms with E-state index in [2.05, 4.69) is 5.10 Å². The number of nitrogens with zero attached hydrogens (tertiary/aromatic N) is 2. The first-order chi connectivity index (χ1) is 8.97. The van der Waals surface area contributed by atoms with Gasteiger partial charge in [0.1, 0.15) is 5.69 Å². The van der Waals surface area contributed by atoms with E-state index in [-0.39, 0.29) is 5.56 Å². The maximum atomic E-state index is 13.7. The monoisotopic (exact) mass is 271 g/mol. The molecule has 0 radical (unpaired) electrons. The molecule has 4 nitrogen and oxygen atoms in total. The van der Waals surface area contributed by atoms with Crippen LogP contribution in [0.3, 0.4) is 0 Å². The lowest BCUT2D eigenvalue weighted by Gasteiger charge is -2.15. The van der Waals surface area contributed by atoms with Crippen molar-refractivity contribution in [1.82, 2.24) is 9.78 Å². The van der Waals surface area contributed by atoms with Gasteiger partial charge in [-0.05, 0) is 6.07 Å². The molecule has 2 aromatic rings. The van der Waals surface area contributed by atoms with E-state index in [1.165, 1.54) is 18.0 Å². The number of ether oxygens (including phenoxy) is 1. The van der Waals surface area contributed by atoms with Gasteiger partial charge in [-0.2, -0.15) is 5.10 Å². The van der Waals surface area contributed by atoms with Gasteiger partial charge in [0.15, 0.2) is 23.2 Å². The van der Waals surface area contributed by atoms with E-state index in [1.807, 2.05) is 0 Å². The Bertz CT molecular complexity index is 613. The number of methoxy groups -OCH3 is 1. The number of halogens is 3. The molecule has 0 spiro atoms. The second-order valence-electron chi connectivity index (χ2n) is 3.96. The second kappa shape index (κ2) is 4.93. The first kappa shape index (κ1) is 13.4. The molecule has 1 aromatic carbocycles. The maximum Gasteiger partial charge on any atom is 0.194 e. The van der Waals surface area contributed by atoms with E-state index >= 15 is 0 Å². The molecule has 102 valence electrons. The topological polar surface area (TPSA) is 53.1 Å². The molecule has 0 aliphatic rings. The van der Waals surface area contributed by atoms with Gasteiger partial charge in [-0.15, -0.1) is 0 Å². The molecule has 0 bridgehead atoms. The number of rotatable bonds is 3. The summed E-state index contributed by atoms with van der Waals surface area (Å²) in [5.74, 6) is -3.77. The fourth-order valence-electron chi connectivity index (χ4n) is 1.87. The van der Waals surface area contributed by atoms with Crippen molar-refractivity contribution in [2.45, 2.75) is 6.04 Å². The molecule has 2 N–H and O–H groups in total. The number of hydrogen-bond acceptors (Lipinski definition) is 3. The van der Waals surface area contributed by atoms with Crippen LogP contribution in [-0.4, -0.2) is 16.9 Å². The summed E-state index contributed by atoms with van der Waals surface area (Å²) in [6.45, 7) is 0. The molecule has 1 unspecified atom stereocenters. The number of hydrogen-bond donors (Lipinski definition) is 1. The number of aryl methyl sites for hydroxylation is 1. The second-order valence-corrected chi connectivity index (χ2v) is 3.96. The molecule has 0 fully saturated rings. The van der Waals surface area contributed by atoms with Gasteiger partial charge in [0.05, 0.1) is 19.3 Å². The Balaban J connectivity index is 2.53. The van der Waals surface area contributed by atoms with Crippen LogP contribution in [0.5, 0.6) is 5.75 Å². The predicted octanol–water partition coefficient (Wildman–Crippen LogP) is 1.89. The third-order valence-electron chi connectivity index (χ3n) is 2.86. The third kappa shape index (κ3) is 2.17. The summed E-state index contributed by atoms with van der Waals surface area (Å²) < 4.78 is 46.3. The summed E-state index contributed by atoms with van der Waals surface area (Å²) in [7, 11) is 3.00. The van der Waals surface area contributed by atoms with Gasteiger partial charge >= 0.3 is 0 Å². The Kier molecular flexibility index (Phi) is 3.48. The minimum Gasteiger partial charge on any atom is -0.493 e. The van der Waals surface area contributed by atoms with Crippen molar-refractivity contribution in [3.63, 3.8) is 0 Å². The van der Waals surface area contributed by atoms with Gasteiger partial charge < -0.3 is 10.5 Å². The van der Waals surface area contributed by atoms with Crippen molar-refractivity contribution in [1.29, 1.82) is 0 Å². The van der Waals surface area contributed by atoms with Crippen LogP contribution >= 0.6 is 0 Å². The lowest BCUT2D eigenvalue weighted by Crippen LogP contribution is -2.19. The van der Waals surface area contributed by atoms with E-state index < -0.39 is 23.5 Å². The largest absolute Gasteiger partial charge is 0.493 e. The molecule has 1 aromatic heterocycles. The Morgan fingerprint density at radius 1 is 1.26 bits per heavy atom. The molecule has 1 heterocycles. The SMILES string of the molecule is COc1cnn(C)c1C(N)c1ccc(F)c(F)c1F. The summed E-state index contributed by atoms with van der Waals surface area (Å²) in [5.41, 5.74) is 6.09. The van der Waals surface area contributed by atoms with Crippen LogP contribution in [0.1, 0.15) is 17.3 Å². The summed E-state index contributed by atoms with van der Waals surface area (Å²) in [5, 5.41) is 3.93. The molecular weight excluding hydrogens is 259 g/mol. The van der Waals surface area contributed by atoms with Crippen LogP contribution in [0.2, 0.25) is 0 Å². The molecule has 0 saturated heterocycles. The van der Waals surface area contributed by atoms with Gasteiger partial charge in [-0.3, -0.25) is 4.68 Å². The van der Waals surface area contributed by atoms with Crippen LogP contribution in [0, 0.1) is 17.5 Å². The quantitative estimate of drug-likeness (QED) is 0.867. The van der Waals surface area contributed by atoms with Gasteiger partial charge in [-0.25, -0.2) is 13.2 Å². The molecular formula is C12H12F3N3O. The van der Waals surface area contributed by atoms with Crippen molar-refractivity contribution >= 4 is 0 Å². The normalized spacial score (nSPS) is 12.5. The predicted molar refractivity (Wildman–Crippen MR) is 62.1 cm³/mol. The fraction of sp³-hybridized carbons (Fsp3) is 0.250. The van der Waals surface area contributed by atoms with E-state index in [0.29, 0.717) is 11.4 Å². The average molecular weight is 271 g/mol. The number of benzene rings is 1. The van der Waals surface area contributed by atoms with Crippen LogP contribution in [0.25, 0.3) is 0 Å². The van der Waals surface area contributed by atoms with Crippen molar-refractivity contribution < 1.29 is 17.9 Å². The van der Waals surface area contributed by atoms with Gasteiger partial charge in [0.25, 0.3) is 0 Å². The summed E-state index contributed by atoms with van der Waals surface area (Å²) in [6, 6.07) is 0.916. The fourth-order valence-corrected chi connectivity index (χ4v) is 1.87. The van der Waals surface area contributed by atoms with E-state index in [9.17, 15) is 13.2 Å². The molecule has 2 rings (SSSR count). The lowest BCUT2D eigenvalue weighted by molar-refractivity contribution is 0.403.